The fourth-order valence-corrected chi connectivity index (χ4v) is 1.63. The zero-order chi connectivity index (χ0) is 14.6. The quantitative estimate of drug-likeness (QED) is 0.868. The molecule has 2 atom stereocenters. The van der Waals surface area contributed by atoms with Crippen molar-refractivity contribution in [1.29, 1.82) is 0 Å². The molecule has 0 saturated heterocycles. The van der Waals surface area contributed by atoms with Crippen LogP contribution in [0.1, 0.15) is 24.9 Å². The van der Waals surface area contributed by atoms with E-state index in [1.165, 1.54) is 13.2 Å². The second-order valence-corrected chi connectivity index (χ2v) is 3.95. The van der Waals surface area contributed by atoms with Crippen LogP contribution in [0.25, 0.3) is 0 Å². The molecule has 108 valence electrons. The second-order valence-electron chi connectivity index (χ2n) is 3.95. The fraction of sp³-hybridized carbons (Fsp3) is 0.500. The molecule has 3 N–H and O–H groups in total. The average molecular weight is 279 g/mol. The Morgan fingerprint density at radius 1 is 1.37 bits per heavy atom. The molecule has 1 aromatic rings. The fourth-order valence-electron chi connectivity index (χ4n) is 1.63. The maximum atomic E-state index is 12.1. The predicted molar refractivity (Wildman–Crippen MR) is 62.9 cm³/mol. The van der Waals surface area contributed by atoms with Crippen LogP contribution in [-0.2, 0) is 0 Å². The molecule has 0 radical (unpaired) electrons. The molecule has 7 heteroatoms. The zero-order valence-corrected chi connectivity index (χ0v) is 10.6. The highest BCUT2D eigenvalue weighted by atomic mass is 19.4. The molecular weight excluding hydrogens is 263 g/mol. The van der Waals surface area contributed by atoms with Crippen LogP contribution in [0.2, 0.25) is 0 Å². The van der Waals surface area contributed by atoms with Crippen molar-refractivity contribution in [3.05, 3.63) is 23.8 Å². The molecule has 0 saturated carbocycles. The van der Waals surface area contributed by atoms with Gasteiger partial charge >= 0.3 is 6.36 Å². The van der Waals surface area contributed by atoms with Gasteiger partial charge in [0.05, 0.1) is 19.3 Å². The third kappa shape index (κ3) is 4.29. The molecule has 0 aliphatic carbocycles. The first-order chi connectivity index (χ1) is 8.78. The number of hydrogen-bond donors (Lipinski definition) is 2. The van der Waals surface area contributed by atoms with Crippen LogP contribution < -0.4 is 15.2 Å². The van der Waals surface area contributed by atoms with Crippen LogP contribution >= 0.6 is 0 Å². The Balaban J connectivity index is 3.09. The predicted octanol–water partition coefficient (Wildman–Crippen LogP) is 2.36. The first-order valence-electron chi connectivity index (χ1n) is 5.65. The van der Waals surface area contributed by atoms with Gasteiger partial charge in [0.25, 0.3) is 0 Å². The highest BCUT2D eigenvalue weighted by molar-refractivity contribution is 5.42. The lowest BCUT2D eigenvalue weighted by molar-refractivity contribution is -0.274. The van der Waals surface area contributed by atoms with Gasteiger partial charge in [-0.25, -0.2) is 0 Å². The highest BCUT2D eigenvalue weighted by Crippen LogP contribution is 2.32. The normalized spacial score (nSPS) is 14.9. The lowest BCUT2D eigenvalue weighted by Gasteiger charge is -2.21. The van der Waals surface area contributed by atoms with E-state index < -0.39 is 24.3 Å². The molecule has 0 heterocycles. The summed E-state index contributed by atoms with van der Waals surface area (Å²) in [4.78, 5) is 0. The van der Waals surface area contributed by atoms with Crippen molar-refractivity contribution in [3.8, 4) is 11.5 Å². The number of nitrogens with two attached hydrogens (primary N) is 1. The summed E-state index contributed by atoms with van der Waals surface area (Å²) >= 11 is 0. The van der Waals surface area contributed by atoms with Crippen molar-refractivity contribution in [3.63, 3.8) is 0 Å². The van der Waals surface area contributed by atoms with E-state index in [4.69, 9.17) is 10.5 Å². The smallest absolute Gasteiger partial charge is 0.496 e. The molecule has 0 fully saturated rings. The molecule has 0 bridgehead atoms. The Morgan fingerprint density at radius 3 is 2.47 bits per heavy atom. The van der Waals surface area contributed by atoms with E-state index in [1.54, 1.807) is 6.92 Å². The molecule has 0 aliphatic heterocycles. The minimum absolute atomic E-state index is 0.263. The van der Waals surface area contributed by atoms with Gasteiger partial charge in [0.15, 0.2) is 0 Å². The minimum Gasteiger partial charge on any atom is -0.496 e. The number of methoxy groups -OCH3 is 1. The molecule has 1 aromatic carbocycles. The van der Waals surface area contributed by atoms with Gasteiger partial charge in [0.1, 0.15) is 11.5 Å². The van der Waals surface area contributed by atoms with Crippen molar-refractivity contribution in [2.45, 2.75) is 31.9 Å². The van der Waals surface area contributed by atoms with Gasteiger partial charge in [0.2, 0.25) is 0 Å². The van der Waals surface area contributed by atoms with Crippen molar-refractivity contribution in [2.75, 3.05) is 7.11 Å². The topological polar surface area (TPSA) is 64.7 Å². The van der Waals surface area contributed by atoms with E-state index in [9.17, 15) is 18.3 Å². The van der Waals surface area contributed by atoms with Crippen LogP contribution in [0.15, 0.2) is 18.2 Å². The molecule has 1 rings (SSSR count). The van der Waals surface area contributed by atoms with E-state index in [0.29, 0.717) is 12.2 Å². The van der Waals surface area contributed by atoms with Gasteiger partial charge in [-0.05, 0) is 24.6 Å². The van der Waals surface area contributed by atoms with Gasteiger partial charge < -0.3 is 20.3 Å². The van der Waals surface area contributed by atoms with Crippen LogP contribution in [0.3, 0.4) is 0 Å². The standard InChI is InChI=1S/C12H16F3NO3/c1-3-9(17)11(16)8-6-7(19-12(13,14)15)4-5-10(8)18-2/h4-6,9,11,17H,3,16H2,1-2H3/t9-,11+/m0/s1. The Labute approximate surface area is 108 Å². The van der Waals surface area contributed by atoms with E-state index >= 15 is 0 Å². The largest absolute Gasteiger partial charge is 0.573 e. The summed E-state index contributed by atoms with van der Waals surface area (Å²) in [7, 11) is 1.37. The molecule has 0 amide bonds. The summed E-state index contributed by atoms with van der Waals surface area (Å²) in [5.41, 5.74) is 6.05. The number of halogens is 3. The number of hydrogen-bond acceptors (Lipinski definition) is 4. The monoisotopic (exact) mass is 279 g/mol. The molecule has 0 unspecified atom stereocenters. The Morgan fingerprint density at radius 2 is 2.00 bits per heavy atom. The molecular formula is C12H16F3NO3. The van der Waals surface area contributed by atoms with Crippen molar-refractivity contribution in [1.82, 2.24) is 0 Å². The first kappa shape index (κ1) is 15.6. The minimum atomic E-state index is -4.78. The average Bonchev–Trinajstić information content (AvgIpc) is 2.35. The van der Waals surface area contributed by atoms with E-state index in [-0.39, 0.29) is 5.56 Å². The molecule has 0 aromatic heterocycles. The third-order valence-electron chi connectivity index (χ3n) is 2.63. The lowest BCUT2D eigenvalue weighted by atomic mass is 9.99. The Hall–Kier alpha value is -1.47. The number of benzene rings is 1. The Bertz CT molecular complexity index is 423. The maximum Gasteiger partial charge on any atom is 0.573 e. The van der Waals surface area contributed by atoms with Crippen LogP contribution in [0.5, 0.6) is 11.5 Å². The van der Waals surface area contributed by atoms with Crippen molar-refractivity contribution < 1.29 is 27.8 Å². The zero-order valence-electron chi connectivity index (χ0n) is 10.6. The summed E-state index contributed by atoms with van der Waals surface area (Å²) in [5.74, 6) is -0.100. The maximum absolute atomic E-state index is 12.1. The van der Waals surface area contributed by atoms with Crippen molar-refractivity contribution in [2.24, 2.45) is 5.73 Å². The number of aliphatic hydroxyl groups is 1. The van der Waals surface area contributed by atoms with E-state index in [1.807, 2.05) is 0 Å². The number of aliphatic hydroxyl groups excluding tert-OH is 1. The number of ether oxygens (including phenoxy) is 2. The van der Waals surface area contributed by atoms with E-state index in [2.05, 4.69) is 4.74 Å². The molecule has 4 nitrogen and oxygen atoms in total. The summed E-state index contributed by atoms with van der Waals surface area (Å²) < 4.78 is 45.3. The van der Waals surface area contributed by atoms with Gasteiger partial charge in [0, 0.05) is 5.56 Å². The SMILES string of the molecule is CC[C@H](O)[C@H](N)c1cc(OC(F)(F)F)ccc1OC. The molecule has 0 aliphatic rings. The highest BCUT2D eigenvalue weighted by Gasteiger charge is 2.31. The number of alkyl halides is 3. The lowest BCUT2D eigenvalue weighted by Crippen LogP contribution is -2.26. The summed E-state index contributed by atoms with van der Waals surface area (Å²) in [5, 5.41) is 9.68. The number of rotatable bonds is 5. The van der Waals surface area contributed by atoms with Crippen LogP contribution in [0.4, 0.5) is 13.2 Å². The van der Waals surface area contributed by atoms with Gasteiger partial charge in [-0.2, -0.15) is 0 Å². The van der Waals surface area contributed by atoms with Crippen LogP contribution in [0, 0.1) is 0 Å². The first-order valence-corrected chi connectivity index (χ1v) is 5.65. The molecule has 0 spiro atoms. The summed E-state index contributed by atoms with van der Waals surface area (Å²) in [6.07, 6.45) is -5.29. The van der Waals surface area contributed by atoms with E-state index in [0.717, 1.165) is 12.1 Å². The summed E-state index contributed by atoms with van der Waals surface area (Å²) in [6.45, 7) is 1.72. The summed E-state index contributed by atoms with van der Waals surface area (Å²) in [6, 6.07) is 2.71. The van der Waals surface area contributed by atoms with Gasteiger partial charge in [-0.3, -0.25) is 0 Å². The third-order valence-corrected chi connectivity index (χ3v) is 2.63. The van der Waals surface area contributed by atoms with Crippen LogP contribution in [-0.4, -0.2) is 24.7 Å². The van der Waals surface area contributed by atoms with Gasteiger partial charge in [-0.15, -0.1) is 13.2 Å². The van der Waals surface area contributed by atoms with Gasteiger partial charge in [-0.1, -0.05) is 6.92 Å². The Kier molecular flexibility index (Phi) is 5.02. The second kappa shape index (κ2) is 6.12. The van der Waals surface area contributed by atoms with Crippen molar-refractivity contribution >= 4 is 0 Å². The molecule has 19 heavy (non-hydrogen) atoms.